The second-order valence-electron chi connectivity index (χ2n) is 11.7. The average molecular weight is 617 g/mol. The van der Waals surface area contributed by atoms with Crippen molar-refractivity contribution in [3.05, 3.63) is 60.6 Å². The normalized spacial score (nSPS) is 14.3. The number of hydrogen-bond acceptors (Lipinski definition) is 10. The SMILES string of the molecule is Cc1c(Oc2ccc3c(c2)ncn3C)ccc(Nc2ncnc3cnc(SC4CCN(C(=O)OC(C)(C)C)CC4)nc23)c1F. The van der Waals surface area contributed by atoms with E-state index in [1.165, 1.54) is 6.33 Å². The molecule has 1 N–H and O–H groups in total. The summed E-state index contributed by atoms with van der Waals surface area (Å²) in [6.45, 7) is 8.46. The van der Waals surface area contributed by atoms with E-state index in [-0.39, 0.29) is 17.0 Å². The fraction of sp³-hybridized carbons (Fsp3) is 0.355. The second-order valence-corrected chi connectivity index (χ2v) is 12.9. The van der Waals surface area contributed by atoms with Crippen LogP contribution < -0.4 is 10.1 Å². The summed E-state index contributed by atoms with van der Waals surface area (Å²) in [6.07, 6.45) is 6.06. The van der Waals surface area contributed by atoms with E-state index in [0.29, 0.717) is 52.2 Å². The topological polar surface area (TPSA) is 120 Å². The molecular weight excluding hydrogens is 583 g/mol. The third-order valence-corrected chi connectivity index (χ3v) is 8.45. The van der Waals surface area contributed by atoms with E-state index in [9.17, 15) is 4.79 Å². The second kappa shape index (κ2) is 11.9. The summed E-state index contributed by atoms with van der Waals surface area (Å²) in [7, 11) is 1.92. The van der Waals surface area contributed by atoms with Crippen molar-refractivity contribution in [1.29, 1.82) is 0 Å². The summed E-state index contributed by atoms with van der Waals surface area (Å²) in [6, 6.07) is 8.90. The Labute approximate surface area is 258 Å². The summed E-state index contributed by atoms with van der Waals surface area (Å²) in [5.41, 5.74) is 2.85. The first-order chi connectivity index (χ1) is 21.0. The molecule has 13 heteroatoms. The summed E-state index contributed by atoms with van der Waals surface area (Å²) in [5.74, 6) is 0.869. The number of likely N-dealkylation sites (tertiary alicyclic amines) is 1. The van der Waals surface area contributed by atoms with Crippen LogP contribution in [0, 0.1) is 12.7 Å². The minimum Gasteiger partial charge on any atom is -0.457 e. The van der Waals surface area contributed by atoms with Crippen molar-refractivity contribution in [2.24, 2.45) is 7.05 Å². The minimum absolute atomic E-state index is 0.234. The van der Waals surface area contributed by atoms with Gasteiger partial charge < -0.3 is 24.3 Å². The van der Waals surface area contributed by atoms with Crippen LogP contribution in [-0.2, 0) is 11.8 Å². The molecule has 2 aromatic carbocycles. The molecular formula is C31H33FN8O3S. The Morgan fingerprint density at radius 2 is 1.86 bits per heavy atom. The molecule has 1 amide bonds. The van der Waals surface area contributed by atoms with Crippen molar-refractivity contribution in [3.8, 4) is 11.5 Å². The fourth-order valence-corrected chi connectivity index (χ4v) is 5.93. The van der Waals surface area contributed by atoms with Crippen LogP contribution in [0.1, 0.15) is 39.2 Å². The molecule has 11 nitrogen and oxygen atoms in total. The lowest BCUT2D eigenvalue weighted by molar-refractivity contribution is 0.0219. The van der Waals surface area contributed by atoms with Crippen LogP contribution in [-0.4, -0.2) is 64.4 Å². The van der Waals surface area contributed by atoms with Crippen LogP contribution in [0.5, 0.6) is 11.5 Å². The Morgan fingerprint density at radius 3 is 2.64 bits per heavy atom. The van der Waals surface area contributed by atoms with E-state index in [1.807, 2.05) is 50.6 Å². The highest BCUT2D eigenvalue weighted by molar-refractivity contribution is 7.99. The van der Waals surface area contributed by atoms with Gasteiger partial charge in [-0.2, -0.15) is 0 Å². The number of benzene rings is 2. The smallest absolute Gasteiger partial charge is 0.410 e. The predicted octanol–water partition coefficient (Wildman–Crippen LogP) is 6.78. The molecule has 0 spiro atoms. The molecule has 1 saturated heterocycles. The van der Waals surface area contributed by atoms with E-state index in [4.69, 9.17) is 14.5 Å². The van der Waals surface area contributed by atoms with Gasteiger partial charge in [0.2, 0.25) is 0 Å². The number of anilines is 2. The number of hydrogen-bond donors (Lipinski definition) is 1. The lowest BCUT2D eigenvalue weighted by Crippen LogP contribution is -2.42. The third kappa shape index (κ3) is 6.37. The molecule has 0 radical (unpaired) electrons. The van der Waals surface area contributed by atoms with E-state index in [2.05, 4.69) is 25.3 Å². The molecule has 0 atom stereocenters. The van der Waals surface area contributed by atoms with E-state index in [0.717, 1.165) is 23.9 Å². The molecule has 1 aliphatic rings. The lowest BCUT2D eigenvalue weighted by Gasteiger charge is -2.32. The van der Waals surface area contributed by atoms with Crippen LogP contribution in [0.4, 0.5) is 20.7 Å². The molecule has 1 fully saturated rings. The maximum atomic E-state index is 15.6. The van der Waals surface area contributed by atoms with Gasteiger partial charge in [-0.25, -0.2) is 34.1 Å². The number of halogens is 1. The number of piperidine rings is 1. The molecule has 228 valence electrons. The number of rotatable bonds is 6. The zero-order valence-electron chi connectivity index (χ0n) is 25.2. The molecule has 6 rings (SSSR count). The van der Waals surface area contributed by atoms with Crippen LogP contribution in [0.15, 0.2) is 54.3 Å². The van der Waals surface area contributed by atoms with Gasteiger partial charge in [-0.15, -0.1) is 0 Å². The number of ether oxygens (including phenoxy) is 2. The number of carbonyl (C=O) groups excluding carboxylic acids is 1. The molecule has 0 unspecified atom stereocenters. The Morgan fingerprint density at radius 1 is 1.07 bits per heavy atom. The number of carbonyl (C=O) groups is 1. The summed E-state index contributed by atoms with van der Waals surface area (Å²) < 4.78 is 29.0. The molecule has 0 bridgehead atoms. The molecule has 5 aromatic rings. The Kier molecular flexibility index (Phi) is 7.97. The van der Waals surface area contributed by atoms with Gasteiger partial charge in [0.25, 0.3) is 0 Å². The van der Waals surface area contributed by atoms with Gasteiger partial charge in [-0.3, -0.25) is 0 Å². The predicted molar refractivity (Wildman–Crippen MR) is 167 cm³/mol. The van der Waals surface area contributed by atoms with Crippen LogP contribution >= 0.6 is 11.8 Å². The van der Waals surface area contributed by atoms with Gasteiger partial charge in [0.15, 0.2) is 16.8 Å². The number of aromatic nitrogens is 6. The highest BCUT2D eigenvalue weighted by Gasteiger charge is 2.28. The highest BCUT2D eigenvalue weighted by atomic mass is 32.2. The van der Waals surface area contributed by atoms with Gasteiger partial charge in [-0.05, 0) is 64.8 Å². The molecule has 4 heterocycles. The number of nitrogens with one attached hydrogen (secondary N) is 1. The first-order valence-electron chi connectivity index (χ1n) is 14.3. The monoisotopic (exact) mass is 616 g/mol. The van der Waals surface area contributed by atoms with Gasteiger partial charge >= 0.3 is 6.09 Å². The third-order valence-electron chi connectivity index (χ3n) is 7.24. The van der Waals surface area contributed by atoms with Gasteiger partial charge in [0.1, 0.15) is 34.5 Å². The molecule has 1 aliphatic heterocycles. The molecule has 0 aliphatic carbocycles. The molecule has 44 heavy (non-hydrogen) atoms. The first kappa shape index (κ1) is 29.5. The zero-order chi connectivity index (χ0) is 31.0. The Hall–Kier alpha value is -4.52. The van der Waals surface area contributed by atoms with Crippen LogP contribution in [0.25, 0.3) is 22.1 Å². The van der Waals surface area contributed by atoms with Crippen molar-refractivity contribution in [3.63, 3.8) is 0 Å². The molecule has 3 aromatic heterocycles. The maximum absolute atomic E-state index is 15.6. The van der Waals surface area contributed by atoms with Gasteiger partial charge in [0.05, 0.1) is 29.2 Å². The standard InChI is InChI=1S/C31H33FN8O3S/c1-18-25(42-19-6-8-24-22(14-19)36-17-39(24)5)9-7-21(26(18)32)37-28-27-23(34-16-35-28)15-33-29(38-27)44-20-10-12-40(13-11-20)30(41)43-31(2,3)4/h6-9,14-17,20H,10-13H2,1-5H3,(H,34,35,37). The maximum Gasteiger partial charge on any atom is 0.410 e. The minimum atomic E-state index is -0.525. The number of fused-ring (bicyclic) bond motifs is 2. The highest BCUT2D eigenvalue weighted by Crippen LogP contribution is 2.34. The van der Waals surface area contributed by atoms with Crippen molar-refractivity contribution < 1.29 is 18.7 Å². The van der Waals surface area contributed by atoms with Crippen molar-refractivity contribution in [2.75, 3.05) is 18.4 Å². The number of aryl methyl sites for hydroxylation is 1. The van der Waals surface area contributed by atoms with Gasteiger partial charge in [-0.1, -0.05) is 11.8 Å². The zero-order valence-corrected chi connectivity index (χ0v) is 26.0. The van der Waals surface area contributed by atoms with Gasteiger partial charge in [0, 0.05) is 37.0 Å². The number of amides is 1. The molecule has 0 saturated carbocycles. The average Bonchev–Trinajstić information content (AvgIpc) is 3.36. The summed E-state index contributed by atoms with van der Waals surface area (Å²) >= 11 is 1.55. The first-order valence-corrected chi connectivity index (χ1v) is 15.2. The Bertz CT molecular complexity index is 1850. The lowest BCUT2D eigenvalue weighted by atomic mass is 10.1. The van der Waals surface area contributed by atoms with E-state index in [1.54, 1.807) is 48.2 Å². The van der Waals surface area contributed by atoms with E-state index < -0.39 is 11.4 Å². The number of thioether (sulfide) groups is 1. The summed E-state index contributed by atoms with van der Waals surface area (Å²) in [5, 5.41) is 3.89. The van der Waals surface area contributed by atoms with Crippen molar-refractivity contribution in [1.82, 2.24) is 34.4 Å². The quantitative estimate of drug-likeness (QED) is 0.204. The number of imidazole rings is 1. The van der Waals surface area contributed by atoms with Crippen molar-refractivity contribution in [2.45, 2.75) is 56.5 Å². The fourth-order valence-electron chi connectivity index (χ4n) is 4.93. The summed E-state index contributed by atoms with van der Waals surface area (Å²) in [4.78, 5) is 36.4. The largest absolute Gasteiger partial charge is 0.457 e. The number of nitrogens with zero attached hydrogens (tertiary/aromatic N) is 7. The van der Waals surface area contributed by atoms with Crippen molar-refractivity contribution >= 4 is 51.4 Å². The van der Waals surface area contributed by atoms with Crippen LogP contribution in [0.3, 0.4) is 0 Å². The van der Waals surface area contributed by atoms with Crippen LogP contribution in [0.2, 0.25) is 0 Å². The Balaban J connectivity index is 1.16. The van der Waals surface area contributed by atoms with E-state index >= 15 is 4.39 Å².